The number of carbonyl (C=O) groups is 2. The zero-order chi connectivity index (χ0) is 19.7. The van der Waals surface area contributed by atoms with Gasteiger partial charge < -0.3 is 19.5 Å². The Hall–Kier alpha value is -2.83. The molecule has 4 rings (SSSR count). The molecule has 1 fully saturated rings. The molecule has 0 unspecified atom stereocenters. The molecule has 0 spiro atoms. The molecule has 1 saturated heterocycles. The number of aryl methyl sites for hydroxylation is 1. The Balaban J connectivity index is 1.67. The maximum Gasteiger partial charge on any atom is 0.289 e. The summed E-state index contributed by atoms with van der Waals surface area (Å²) in [5.74, 6) is 0.640. The molecular formula is C21H26N4O3. The van der Waals surface area contributed by atoms with Crippen LogP contribution in [0.25, 0.3) is 0 Å². The van der Waals surface area contributed by atoms with Gasteiger partial charge >= 0.3 is 0 Å². The molecule has 3 heterocycles. The minimum atomic E-state index is -0.296. The Bertz CT molecular complexity index is 913. The van der Waals surface area contributed by atoms with Crippen molar-refractivity contribution < 1.29 is 14.3 Å². The van der Waals surface area contributed by atoms with Gasteiger partial charge in [-0.2, -0.15) is 0 Å². The number of rotatable bonds is 4. The monoisotopic (exact) mass is 382 g/mol. The van der Waals surface area contributed by atoms with Crippen LogP contribution in [0.2, 0.25) is 0 Å². The number of methoxy groups -OCH3 is 1. The van der Waals surface area contributed by atoms with Gasteiger partial charge in [0.25, 0.3) is 11.8 Å². The average molecular weight is 382 g/mol. The van der Waals surface area contributed by atoms with Crippen LogP contribution in [0.15, 0.2) is 18.2 Å². The highest BCUT2D eigenvalue weighted by molar-refractivity contribution is 6.05. The van der Waals surface area contributed by atoms with E-state index < -0.39 is 0 Å². The standard InChI is InChI=1S/C21H26N4O3/c1-14-8-9-17(28-2)15(13-14)22-20(26)18-16-7-3-4-12-25(16)19(23-18)21(27)24-10-5-6-11-24/h8-9,13H,3-7,10-12H2,1-2H3,(H,22,26). The zero-order valence-electron chi connectivity index (χ0n) is 16.5. The fourth-order valence-corrected chi connectivity index (χ4v) is 4.05. The number of benzene rings is 1. The topological polar surface area (TPSA) is 76.5 Å². The summed E-state index contributed by atoms with van der Waals surface area (Å²) in [5, 5.41) is 2.93. The summed E-state index contributed by atoms with van der Waals surface area (Å²) in [6.45, 7) is 4.23. The third-order valence-corrected chi connectivity index (χ3v) is 5.52. The number of nitrogens with one attached hydrogen (secondary N) is 1. The minimum absolute atomic E-state index is 0.0622. The maximum absolute atomic E-state index is 13.1. The number of hydrogen-bond donors (Lipinski definition) is 1. The molecule has 1 aromatic heterocycles. The molecular weight excluding hydrogens is 356 g/mol. The highest BCUT2D eigenvalue weighted by Gasteiger charge is 2.31. The van der Waals surface area contributed by atoms with Crippen molar-refractivity contribution in [1.82, 2.24) is 14.5 Å². The van der Waals surface area contributed by atoms with E-state index in [-0.39, 0.29) is 11.8 Å². The van der Waals surface area contributed by atoms with Gasteiger partial charge in [-0.15, -0.1) is 0 Å². The van der Waals surface area contributed by atoms with E-state index in [0.29, 0.717) is 23.0 Å². The molecule has 2 aromatic rings. The molecule has 0 radical (unpaired) electrons. The number of carbonyl (C=O) groups excluding carboxylic acids is 2. The number of likely N-dealkylation sites (tertiary alicyclic amines) is 1. The largest absolute Gasteiger partial charge is 0.495 e. The van der Waals surface area contributed by atoms with Crippen molar-refractivity contribution in [1.29, 1.82) is 0 Å². The van der Waals surface area contributed by atoms with Gasteiger partial charge in [-0.3, -0.25) is 9.59 Å². The second-order valence-corrected chi connectivity index (χ2v) is 7.50. The van der Waals surface area contributed by atoms with Crippen LogP contribution in [-0.2, 0) is 13.0 Å². The van der Waals surface area contributed by atoms with Crippen molar-refractivity contribution in [2.24, 2.45) is 0 Å². The zero-order valence-corrected chi connectivity index (χ0v) is 16.5. The van der Waals surface area contributed by atoms with Crippen molar-refractivity contribution in [2.75, 3.05) is 25.5 Å². The van der Waals surface area contributed by atoms with E-state index in [1.807, 2.05) is 34.6 Å². The fraction of sp³-hybridized carbons (Fsp3) is 0.476. The lowest BCUT2D eigenvalue weighted by Gasteiger charge is -2.19. The molecule has 2 aliphatic rings. The van der Waals surface area contributed by atoms with Crippen LogP contribution in [0.3, 0.4) is 0 Å². The van der Waals surface area contributed by atoms with Crippen LogP contribution in [0.4, 0.5) is 5.69 Å². The molecule has 28 heavy (non-hydrogen) atoms. The maximum atomic E-state index is 13.1. The van der Waals surface area contributed by atoms with Crippen LogP contribution >= 0.6 is 0 Å². The summed E-state index contributed by atoms with van der Waals surface area (Å²) in [6, 6.07) is 5.63. The molecule has 1 N–H and O–H groups in total. The van der Waals surface area contributed by atoms with E-state index in [4.69, 9.17) is 4.74 Å². The van der Waals surface area contributed by atoms with Gasteiger partial charge in [0.2, 0.25) is 0 Å². The molecule has 148 valence electrons. The van der Waals surface area contributed by atoms with Gasteiger partial charge in [0, 0.05) is 19.6 Å². The van der Waals surface area contributed by atoms with Gasteiger partial charge in [-0.1, -0.05) is 6.07 Å². The third-order valence-electron chi connectivity index (χ3n) is 5.52. The van der Waals surface area contributed by atoms with Crippen molar-refractivity contribution in [2.45, 2.75) is 45.6 Å². The summed E-state index contributed by atoms with van der Waals surface area (Å²) >= 11 is 0. The Labute approximate surface area is 164 Å². The number of fused-ring (bicyclic) bond motifs is 1. The van der Waals surface area contributed by atoms with Crippen LogP contribution in [0, 0.1) is 6.92 Å². The molecule has 2 aliphatic heterocycles. The highest BCUT2D eigenvalue weighted by atomic mass is 16.5. The molecule has 0 aliphatic carbocycles. The van der Waals surface area contributed by atoms with Crippen LogP contribution in [0.1, 0.15) is 58.0 Å². The molecule has 0 atom stereocenters. The third kappa shape index (κ3) is 3.37. The van der Waals surface area contributed by atoms with Gasteiger partial charge in [0.05, 0.1) is 18.5 Å². The smallest absolute Gasteiger partial charge is 0.289 e. The summed E-state index contributed by atoms with van der Waals surface area (Å²) in [7, 11) is 1.58. The lowest BCUT2D eigenvalue weighted by Crippen LogP contribution is -2.31. The number of amides is 2. The predicted octanol–water partition coefficient (Wildman–Crippen LogP) is 3.02. The number of imidazole rings is 1. The second kappa shape index (κ2) is 7.66. The van der Waals surface area contributed by atoms with E-state index in [2.05, 4.69) is 10.3 Å². The average Bonchev–Trinajstić information content (AvgIpc) is 3.36. The Morgan fingerprint density at radius 1 is 1.11 bits per heavy atom. The Kier molecular flexibility index (Phi) is 5.07. The van der Waals surface area contributed by atoms with Crippen molar-refractivity contribution >= 4 is 17.5 Å². The van der Waals surface area contributed by atoms with Crippen molar-refractivity contribution in [3.05, 3.63) is 41.0 Å². The van der Waals surface area contributed by atoms with E-state index in [0.717, 1.165) is 63.0 Å². The SMILES string of the molecule is COc1ccc(C)cc1NC(=O)c1nc(C(=O)N2CCCC2)n2c1CCCC2. The number of nitrogens with zero attached hydrogens (tertiary/aromatic N) is 3. The molecule has 0 bridgehead atoms. The highest BCUT2D eigenvalue weighted by Crippen LogP contribution is 2.28. The lowest BCUT2D eigenvalue weighted by atomic mass is 10.1. The molecule has 0 saturated carbocycles. The number of aromatic nitrogens is 2. The Morgan fingerprint density at radius 3 is 2.61 bits per heavy atom. The summed E-state index contributed by atoms with van der Waals surface area (Å²) in [4.78, 5) is 32.4. The summed E-state index contributed by atoms with van der Waals surface area (Å²) < 4.78 is 7.31. The van der Waals surface area contributed by atoms with Gasteiger partial charge in [-0.25, -0.2) is 4.98 Å². The van der Waals surface area contributed by atoms with E-state index in [9.17, 15) is 9.59 Å². The van der Waals surface area contributed by atoms with Gasteiger partial charge in [0.1, 0.15) is 5.75 Å². The quantitative estimate of drug-likeness (QED) is 0.882. The first kappa shape index (κ1) is 18.5. The minimum Gasteiger partial charge on any atom is -0.495 e. The summed E-state index contributed by atoms with van der Waals surface area (Å²) in [6.07, 6.45) is 4.81. The number of anilines is 1. The van der Waals surface area contributed by atoms with Crippen LogP contribution in [0.5, 0.6) is 5.75 Å². The first-order valence-electron chi connectivity index (χ1n) is 9.93. The first-order valence-corrected chi connectivity index (χ1v) is 9.93. The van der Waals surface area contributed by atoms with E-state index >= 15 is 0 Å². The normalized spacial score (nSPS) is 16.0. The van der Waals surface area contributed by atoms with Crippen LogP contribution in [-0.4, -0.2) is 46.5 Å². The number of ether oxygens (including phenoxy) is 1. The lowest BCUT2D eigenvalue weighted by molar-refractivity contribution is 0.0774. The fourth-order valence-electron chi connectivity index (χ4n) is 4.05. The molecule has 2 amide bonds. The van der Waals surface area contributed by atoms with Crippen LogP contribution < -0.4 is 10.1 Å². The second-order valence-electron chi connectivity index (χ2n) is 7.50. The first-order chi connectivity index (χ1) is 13.6. The van der Waals surface area contributed by atoms with Gasteiger partial charge in [-0.05, 0) is 56.7 Å². The van der Waals surface area contributed by atoms with Crippen molar-refractivity contribution in [3.8, 4) is 5.75 Å². The summed E-state index contributed by atoms with van der Waals surface area (Å²) in [5.41, 5.74) is 2.84. The number of hydrogen-bond acceptors (Lipinski definition) is 4. The van der Waals surface area contributed by atoms with E-state index in [1.54, 1.807) is 7.11 Å². The predicted molar refractivity (Wildman–Crippen MR) is 106 cm³/mol. The van der Waals surface area contributed by atoms with Crippen molar-refractivity contribution in [3.63, 3.8) is 0 Å². The molecule has 7 nitrogen and oxygen atoms in total. The Morgan fingerprint density at radius 2 is 1.86 bits per heavy atom. The van der Waals surface area contributed by atoms with Gasteiger partial charge in [0.15, 0.2) is 11.5 Å². The molecule has 1 aromatic carbocycles. The molecule has 7 heteroatoms. The van der Waals surface area contributed by atoms with E-state index in [1.165, 1.54) is 0 Å².